The number of benzene rings is 1. The van der Waals surface area contributed by atoms with Gasteiger partial charge in [0.25, 0.3) is 0 Å². The Morgan fingerprint density at radius 1 is 1.38 bits per heavy atom. The number of aromatic nitrogens is 3. The topological polar surface area (TPSA) is 75.0 Å². The third-order valence-electron chi connectivity index (χ3n) is 4.39. The molecule has 3 heterocycles. The van der Waals surface area contributed by atoms with Crippen molar-refractivity contribution in [3.63, 3.8) is 0 Å². The van der Waals surface area contributed by atoms with E-state index in [9.17, 15) is 4.79 Å². The zero-order valence-corrected chi connectivity index (χ0v) is 13.4. The highest BCUT2D eigenvalue weighted by Gasteiger charge is 2.31. The number of imidazole rings is 1. The highest BCUT2D eigenvalue weighted by Crippen LogP contribution is 2.31. The zero-order chi connectivity index (χ0) is 16.5. The third kappa shape index (κ3) is 2.71. The van der Waals surface area contributed by atoms with Gasteiger partial charge in [-0.05, 0) is 12.5 Å². The van der Waals surface area contributed by atoms with Crippen molar-refractivity contribution >= 4 is 5.91 Å². The Kier molecular flexibility index (Phi) is 3.65. The van der Waals surface area contributed by atoms with Crippen LogP contribution in [0.15, 0.2) is 47.2 Å². The molecule has 6 nitrogen and oxygen atoms in total. The minimum absolute atomic E-state index is 0.0346. The maximum Gasteiger partial charge on any atom is 0.230 e. The van der Waals surface area contributed by atoms with Crippen LogP contribution in [0.25, 0.3) is 0 Å². The highest BCUT2D eigenvalue weighted by molar-refractivity contribution is 5.78. The first-order valence-corrected chi connectivity index (χ1v) is 7.98. The van der Waals surface area contributed by atoms with E-state index in [2.05, 4.69) is 27.3 Å². The Morgan fingerprint density at radius 3 is 2.96 bits per heavy atom. The molecule has 0 aliphatic carbocycles. The number of hydrogen-bond acceptors (Lipinski definition) is 4. The summed E-state index contributed by atoms with van der Waals surface area (Å²) in [6.45, 7) is 3.01. The maximum atomic E-state index is 12.7. The SMILES string of the molecule is Cc1cc(CC(=O)N2Cc3[nH]cnc3C(c3ccccc3)C2)on1. The zero-order valence-electron chi connectivity index (χ0n) is 13.4. The number of aryl methyl sites for hydroxylation is 1. The number of nitrogens with zero attached hydrogens (tertiary/aromatic N) is 3. The van der Waals surface area contributed by atoms with Crippen LogP contribution in [-0.2, 0) is 17.8 Å². The first-order valence-electron chi connectivity index (χ1n) is 7.98. The molecule has 1 unspecified atom stereocenters. The molecule has 0 bridgehead atoms. The van der Waals surface area contributed by atoms with Crippen LogP contribution >= 0.6 is 0 Å². The summed E-state index contributed by atoms with van der Waals surface area (Å²) in [5.74, 6) is 0.720. The molecule has 0 fully saturated rings. The summed E-state index contributed by atoms with van der Waals surface area (Å²) < 4.78 is 5.17. The van der Waals surface area contributed by atoms with Crippen LogP contribution in [-0.4, -0.2) is 32.5 Å². The van der Waals surface area contributed by atoms with Gasteiger partial charge in [-0.25, -0.2) is 4.98 Å². The van der Waals surface area contributed by atoms with Gasteiger partial charge in [0.1, 0.15) is 5.76 Å². The van der Waals surface area contributed by atoms with Gasteiger partial charge in [-0.2, -0.15) is 0 Å². The Bertz CT molecular complexity index is 853. The predicted octanol–water partition coefficient (Wildman–Crippen LogP) is 2.42. The van der Waals surface area contributed by atoms with Crippen molar-refractivity contribution in [3.8, 4) is 0 Å². The summed E-state index contributed by atoms with van der Waals surface area (Å²) in [6.07, 6.45) is 1.93. The quantitative estimate of drug-likeness (QED) is 0.803. The van der Waals surface area contributed by atoms with Crippen molar-refractivity contribution < 1.29 is 9.32 Å². The predicted molar refractivity (Wildman–Crippen MR) is 87.2 cm³/mol. The standard InChI is InChI=1S/C18H18N4O2/c1-12-7-14(24-21-12)8-17(23)22-9-15(13-5-3-2-4-6-13)18-16(10-22)19-11-20-18/h2-7,11,15H,8-10H2,1H3,(H,19,20). The van der Waals surface area contributed by atoms with Crippen LogP contribution in [0, 0.1) is 6.92 Å². The fourth-order valence-electron chi connectivity index (χ4n) is 3.22. The van der Waals surface area contributed by atoms with Crippen molar-refractivity contribution in [2.75, 3.05) is 6.54 Å². The fraction of sp³-hybridized carbons (Fsp3) is 0.278. The van der Waals surface area contributed by atoms with E-state index in [4.69, 9.17) is 4.52 Å². The lowest BCUT2D eigenvalue weighted by Gasteiger charge is -2.32. The van der Waals surface area contributed by atoms with Crippen LogP contribution in [0.3, 0.4) is 0 Å². The molecule has 4 rings (SSSR count). The maximum absolute atomic E-state index is 12.7. The fourth-order valence-corrected chi connectivity index (χ4v) is 3.22. The van der Waals surface area contributed by atoms with Gasteiger partial charge >= 0.3 is 0 Å². The van der Waals surface area contributed by atoms with Gasteiger partial charge in [0.2, 0.25) is 5.91 Å². The van der Waals surface area contributed by atoms with Crippen LogP contribution in [0.2, 0.25) is 0 Å². The second kappa shape index (κ2) is 5.96. The molecule has 6 heteroatoms. The summed E-state index contributed by atoms with van der Waals surface area (Å²) in [5, 5.41) is 3.84. The van der Waals surface area contributed by atoms with Gasteiger partial charge in [0, 0.05) is 18.5 Å². The van der Waals surface area contributed by atoms with Gasteiger partial charge in [-0.15, -0.1) is 0 Å². The number of carbonyl (C=O) groups is 1. The molecule has 2 aromatic heterocycles. The van der Waals surface area contributed by atoms with E-state index in [1.165, 1.54) is 5.56 Å². The average Bonchev–Trinajstić information content (AvgIpc) is 3.23. The van der Waals surface area contributed by atoms with E-state index in [1.54, 1.807) is 12.4 Å². The van der Waals surface area contributed by atoms with E-state index >= 15 is 0 Å². The molecule has 0 radical (unpaired) electrons. The van der Waals surface area contributed by atoms with Crippen molar-refractivity contribution in [1.29, 1.82) is 0 Å². The molecular weight excluding hydrogens is 304 g/mol. The highest BCUT2D eigenvalue weighted by atomic mass is 16.5. The average molecular weight is 322 g/mol. The van der Waals surface area contributed by atoms with Crippen LogP contribution in [0.1, 0.15) is 34.3 Å². The largest absolute Gasteiger partial charge is 0.361 e. The van der Waals surface area contributed by atoms with E-state index < -0.39 is 0 Å². The van der Waals surface area contributed by atoms with E-state index in [-0.39, 0.29) is 18.2 Å². The van der Waals surface area contributed by atoms with E-state index in [0.29, 0.717) is 18.8 Å². The van der Waals surface area contributed by atoms with Gasteiger partial charge in [0.05, 0.1) is 36.4 Å². The van der Waals surface area contributed by atoms with Crippen molar-refractivity contribution in [1.82, 2.24) is 20.0 Å². The number of carbonyl (C=O) groups excluding carboxylic acids is 1. The van der Waals surface area contributed by atoms with Gasteiger partial charge < -0.3 is 14.4 Å². The van der Waals surface area contributed by atoms with Crippen LogP contribution < -0.4 is 0 Å². The van der Waals surface area contributed by atoms with Crippen LogP contribution in [0.4, 0.5) is 0 Å². The molecule has 1 atom stereocenters. The molecule has 122 valence electrons. The molecule has 1 N–H and O–H groups in total. The Balaban J connectivity index is 1.59. The molecule has 1 aliphatic heterocycles. The lowest BCUT2D eigenvalue weighted by atomic mass is 9.91. The van der Waals surface area contributed by atoms with E-state index in [1.807, 2.05) is 30.0 Å². The summed E-state index contributed by atoms with van der Waals surface area (Å²) in [7, 11) is 0. The Labute approximate surface area is 139 Å². The monoisotopic (exact) mass is 322 g/mol. The van der Waals surface area contributed by atoms with Crippen molar-refractivity contribution in [2.45, 2.75) is 25.8 Å². The first kappa shape index (κ1) is 14.7. The van der Waals surface area contributed by atoms with Gasteiger partial charge in [0.15, 0.2) is 0 Å². The Morgan fingerprint density at radius 2 is 2.21 bits per heavy atom. The summed E-state index contributed by atoms with van der Waals surface area (Å²) >= 11 is 0. The summed E-state index contributed by atoms with van der Waals surface area (Å²) in [4.78, 5) is 22.2. The minimum Gasteiger partial charge on any atom is -0.361 e. The minimum atomic E-state index is 0.0346. The molecular formula is C18H18N4O2. The molecule has 0 saturated carbocycles. The molecule has 1 aromatic carbocycles. The smallest absolute Gasteiger partial charge is 0.230 e. The second-order valence-corrected chi connectivity index (χ2v) is 6.12. The number of hydrogen-bond donors (Lipinski definition) is 1. The number of aromatic amines is 1. The molecule has 0 spiro atoms. The number of rotatable bonds is 3. The second-order valence-electron chi connectivity index (χ2n) is 6.12. The third-order valence-corrected chi connectivity index (χ3v) is 4.39. The number of fused-ring (bicyclic) bond motifs is 1. The molecule has 1 aliphatic rings. The van der Waals surface area contributed by atoms with Crippen LogP contribution in [0.5, 0.6) is 0 Å². The molecule has 1 amide bonds. The number of amides is 1. The molecule has 3 aromatic rings. The lowest BCUT2D eigenvalue weighted by molar-refractivity contribution is -0.132. The summed E-state index contributed by atoms with van der Waals surface area (Å²) in [6, 6.07) is 12.0. The molecule has 24 heavy (non-hydrogen) atoms. The number of nitrogens with one attached hydrogen (secondary N) is 1. The van der Waals surface area contributed by atoms with Gasteiger partial charge in [-0.1, -0.05) is 35.5 Å². The van der Waals surface area contributed by atoms with Crippen molar-refractivity contribution in [3.05, 3.63) is 71.1 Å². The normalized spacial score (nSPS) is 16.9. The van der Waals surface area contributed by atoms with Gasteiger partial charge in [-0.3, -0.25) is 4.79 Å². The summed E-state index contributed by atoms with van der Waals surface area (Å²) in [5.41, 5.74) is 3.98. The van der Waals surface area contributed by atoms with Crippen molar-refractivity contribution in [2.24, 2.45) is 0 Å². The Hall–Kier alpha value is -2.89. The lowest BCUT2D eigenvalue weighted by Crippen LogP contribution is -2.39. The molecule has 0 saturated heterocycles. The number of H-pyrrole nitrogens is 1. The van der Waals surface area contributed by atoms with E-state index in [0.717, 1.165) is 17.1 Å². The first-order chi connectivity index (χ1) is 11.7.